The lowest BCUT2D eigenvalue weighted by Gasteiger charge is -2.36. The molecule has 0 amide bonds. The molecule has 1 aliphatic heterocycles. The normalized spacial score (nSPS) is 26.1. The first-order valence-electron chi connectivity index (χ1n) is 6.21. The minimum absolute atomic E-state index is 0.212. The van der Waals surface area contributed by atoms with Crippen molar-refractivity contribution >= 4 is 0 Å². The zero-order valence-electron chi connectivity index (χ0n) is 9.92. The van der Waals surface area contributed by atoms with Gasteiger partial charge in [0.2, 0.25) is 0 Å². The lowest BCUT2D eigenvalue weighted by molar-refractivity contribution is -0.149. The standard InChI is InChI=1S/C11H20F3N3/c12-11(13,14)8-17-5-3-16(4-6-17)7-10(15)9-1-2-9/h9-10H,1-8,15H2. The van der Waals surface area contributed by atoms with Crippen LogP contribution in [0.3, 0.4) is 0 Å². The first kappa shape index (κ1) is 13.1. The van der Waals surface area contributed by atoms with Crippen LogP contribution in [-0.4, -0.2) is 61.3 Å². The molecular formula is C11H20F3N3. The first-order chi connectivity index (χ1) is 7.94. The van der Waals surface area contributed by atoms with E-state index in [1.165, 1.54) is 17.7 Å². The maximum absolute atomic E-state index is 12.2. The predicted octanol–water partition coefficient (Wildman–Crippen LogP) is 0.904. The van der Waals surface area contributed by atoms with Crippen LogP contribution in [0.25, 0.3) is 0 Å². The molecule has 1 unspecified atom stereocenters. The average molecular weight is 251 g/mol. The molecule has 3 nitrogen and oxygen atoms in total. The number of nitrogens with two attached hydrogens (primary N) is 1. The van der Waals surface area contributed by atoms with Crippen molar-refractivity contribution in [1.82, 2.24) is 9.80 Å². The molecule has 0 aromatic heterocycles. The Hall–Kier alpha value is -0.330. The highest BCUT2D eigenvalue weighted by molar-refractivity contribution is 4.87. The Morgan fingerprint density at radius 1 is 1.06 bits per heavy atom. The first-order valence-corrected chi connectivity index (χ1v) is 6.21. The molecule has 6 heteroatoms. The molecule has 0 spiro atoms. The molecule has 1 atom stereocenters. The fourth-order valence-corrected chi connectivity index (χ4v) is 2.36. The molecule has 100 valence electrons. The van der Waals surface area contributed by atoms with Crippen molar-refractivity contribution in [3.05, 3.63) is 0 Å². The van der Waals surface area contributed by atoms with Gasteiger partial charge in [0.1, 0.15) is 0 Å². The highest BCUT2D eigenvalue weighted by atomic mass is 19.4. The number of hydrogen-bond donors (Lipinski definition) is 1. The number of rotatable bonds is 4. The second-order valence-electron chi connectivity index (χ2n) is 5.19. The Kier molecular flexibility index (Phi) is 3.95. The SMILES string of the molecule is NC(CN1CCN(CC(F)(F)F)CC1)C1CC1. The predicted molar refractivity (Wildman–Crippen MR) is 59.6 cm³/mol. The van der Waals surface area contributed by atoms with E-state index in [2.05, 4.69) is 4.90 Å². The maximum atomic E-state index is 12.2. The van der Waals surface area contributed by atoms with E-state index in [0.717, 1.165) is 6.54 Å². The smallest absolute Gasteiger partial charge is 0.326 e. The molecular weight excluding hydrogens is 231 g/mol. The zero-order chi connectivity index (χ0) is 12.5. The van der Waals surface area contributed by atoms with Crippen LogP contribution in [0, 0.1) is 5.92 Å². The highest BCUT2D eigenvalue weighted by Crippen LogP contribution is 2.31. The van der Waals surface area contributed by atoms with Gasteiger partial charge in [-0.2, -0.15) is 13.2 Å². The van der Waals surface area contributed by atoms with Crippen LogP contribution in [0.15, 0.2) is 0 Å². The van der Waals surface area contributed by atoms with E-state index >= 15 is 0 Å². The molecule has 0 aromatic carbocycles. The lowest BCUT2D eigenvalue weighted by Crippen LogP contribution is -2.52. The third-order valence-electron chi connectivity index (χ3n) is 3.56. The molecule has 2 rings (SSSR count). The van der Waals surface area contributed by atoms with E-state index in [9.17, 15) is 13.2 Å². The van der Waals surface area contributed by atoms with Crippen LogP contribution < -0.4 is 5.73 Å². The van der Waals surface area contributed by atoms with E-state index in [-0.39, 0.29) is 6.04 Å². The van der Waals surface area contributed by atoms with Crippen LogP contribution in [0.1, 0.15) is 12.8 Å². The highest BCUT2D eigenvalue weighted by Gasteiger charge is 2.33. The number of alkyl halides is 3. The second-order valence-corrected chi connectivity index (χ2v) is 5.19. The van der Waals surface area contributed by atoms with Gasteiger partial charge in [-0.1, -0.05) is 0 Å². The largest absolute Gasteiger partial charge is 0.401 e. The van der Waals surface area contributed by atoms with Gasteiger partial charge < -0.3 is 5.73 Å². The topological polar surface area (TPSA) is 32.5 Å². The Bertz CT molecular complexity index is 245. The number of nitrogens with zero attached hydrogens (tertiary/aromatic N) is 2. The third kappa shape index (κ3) is 4.44. The van der Waals surface area contributed by atoms with Crippen LogP contribution in [0.2, 0.25) is 0 Å². The van der Waals surface area contributed by atoms with E-state index in [1.54, 1.807) is 0 Å². The Balaban J connectivity index is 1.66. The van der Waals surface area contributed by atoms with Gasteiger partial charge in [0.15, 0.2) is 0 Å². The molecule has 17 heavy (non-hydrogen) atoms. The van der Waals surface area contributed by atoms with Crippen molar-refractivity contribution in [2.24, 2.45) is 11.7 Å². The van der Waals surface area contributed by atoms with Gasteiger partial charge in [-0.05, 0) is 18.8 Å². The second kappa shape index (κ2) is 5.12. The van der Waals surface area contributed by atoms with Crippen molar-refractivity contribution in [2.45, 2.75) is 25.1 Å². The molecule has 2 N–H and O–H groups in total. The van der Waals surface area contributed by atoms with E-state index < -0.39 is 12.7 Å². The van der Waals surface area contributed by atoms with Gasteiger partial charge in [0.25, 0.3) is 0 Å². The summed E-state index contributed by atoms with van der Waals surface area (Å²) < 4.78 is 36.6. The van der Waals surface area contributed by atoms with Crippen LogP contribution in [-0.2, 0) is 0 Å². The summed E-state index contributed by atoms with van der Waals surface area (Å²) in [5.41, 5.74) is 6.01. The van der Waals surface area contributed by atoms with Gasteiger partial charge in [-0.25, -0.2) is 0 Å². The Morgan fingerprint density at radius 2 is 1.59 bits per heavy atom. The molecule has 1 heterocycles. The van der Waals surface area contributed by atoms with Crippen molar-refractivity contribution < 1.29 is 13.2 Å². The summed E-state index contributed by atoms with van der Waals surface area (Å²) in [6.45, 7) is 2.46. The molecule has 1 saturated heterocycles. The van der Waals surface area contributed by atoms with E-state index in [4.69, 9.17) is 5.73 Å². The van der Waals surface area contributed by atoms with Gasteiger partial charge in [0, 0.05) is 38.8 Å². The quantitative estimate of drug-likeness (QED) is 0.806. The minimum Gasteiger partial charge on any atom is -0.326 e. The number of halogens is 3. The molecule has 2 aliphatic rings. The fourth-order valence-electron chi connectivity index (χ4n) is 2.36. The minimum atomic E-state index is -4.08. The van der Waals surface area contributed by atoms with Gasteiger partial charge in [-0.3, -0.25) is 9.80 Å². The summed E-state index contributed by atoms with van der Waals surface area (Å²) in [4.78, 5) is 3.66. The van der Waals surface area contributed by atoms with Crippen molar-refractivity contribution in [3.63, 3.8) is 0 Å². The van der Waals surface area contributed by atoms with E-state index in [0.29, 0.717) is 32.1 Å². The molecule has 0 radical (unpaired) electrons. The molecule has 1 aliphatic carbocycles. The summed E-state index contributed by atoms with van der Waals surface area (Å²) in [5.74, 6) is 0.656. The van der Waals surface area contributed by atoms with Crippen molar-refractivity contribution in [1.29, 1.82) is 0 Å². The monoisotopic (exact) mass is 251 g/mol. The summed E-state index contributed by atoms with van der Waals surface area (Å²) in [6, 6.07) is 0.212. The Morgan fingerprint density at radius 3 is 2.06 bits per heavy atom. The van der Waals surface area contributed by atoms with Gasteiger partial charge in [0.05, 0.1) is 6.54 Å². The van der Waals surface area contributed by atoms with E-state index in [1.807, 2.05) is 0 Å². The molecule has 0 aromatic rings. The Labute approximate surface area is 99.7 Å². The maximum Gasteiger partial charge on any atom is 0.401 e. The summed E-state index contributed by atoms with van der Waals surface area (Å²) >= 11 is 0. The number of hydrogen-bond acceptors (Lipinski definition) is 3. The van der Waals surface area contributed by atoms with Crippen molar-refractivity contribution in [3.8, 4) is 0 Å². The molecule has 2 fully saturated rings. The summed E-state index contributed by atoms with van der Waals surface area (Å²) in [6.07, 6.45) is -1.64. The van der Waals surface area contributed by atoms with Crippen LogP contribution in [0.4, 0.5) is 13.2 Å². The molecule has 0 bridgehead atoms. The van der Waals surface area contributed by atoms with Crippen LogP contribution in [0.5, 0.6) is 0 Å². The number of piperazine rings is 1. The zero-order valence-corrected chi connectivity index (χ0v) is 9.92. The lowest BCUT2D eigenvalue weighted by atomic mass is 10.1. The third-order valence-corrected chi connectivity index (χ3v) is 3.56. The van der Waals surface area contributed by atoms with Gasteiger partial charge in [-0.15, -0.1) is 0 Å². The summed E-state index contributed by atoms with van der Waals surface area (Å²) in [7, 11) is 0. The summed E-state index contributed by atoms with van der Waals surface area (Å²) in [5, 5.41) is 0. The van der Waals surface area contributed by atoms with Crippen molar-refractivity contribution in [2.75, 3.05) is 39.3 Å². The molecule has 1 saturated carbocycles. The van der Waals surface area contributed by atoms with Crippen LogP contribution >= 0.6 is 0 Å². The fraction of sp³-hybridized carbons (Fsp3) is 1.00. The van der Waals surface area contributed by atoms with Gasteiger partial charge >= 0.3 is 6.18 Å². The average Bonchev–Trinajstić information content (AvgIpc) is 3.02.